The largest absolute Gasteiger partial charge is 0.316 e. The zero-order valence-corrected chi connectivity index (χ0v) is 14.0. The number of hydrogen-bond donors (Lipinski definition) is 1. The number of likely N-dealkylation sites (tertiary alicyclic amines) is 1. The molecule has 1 aliphatic rings. The molecule has 1 saturated heterocycles. The lowest BCUT2D eigenvalue weighted by Crippen LogP contribution is -2.43. The van der Waals surface area contributed by atoms with Gasteiger partial charge >= 0.3 is 0 Å². The first kappa shape index (κ1) is 16.1. The van der Waals surface area contributed by atoms with Crippen LogP contribution in [0.25, 0.3) is 10.4 Å². The number of thiophene rings is 1. The highest BCUT2D eigenvalue weighted by molar-refractivity contribution is 7.15. The lowest BCUT2D eigenvalue weighted by Gasteiger charge is -2.32. The van der Waals surface area contributed by atoms with Gasteiger partial charge in [-0.15, -0.1) is 11.3 Å². The van der Waals surface area contributed by atoms with E-state index in [0.29, 0.717) is 6.04 Å². The molecular formula is C17H21N3O2S. The fraction of sp³-hybridized carbons (Fsp3) is 0.412. The molecule has 122 valence electrons. The summed E-state index contributed by atoms with van der Waals surface area (Å²) in [5.74, 6) is 0. The van der Waals surface area contributed by atoms with Gasteiger partial charge in [-0.2, -0.15) is 0 Å². The Labute approximate surface area is 140 Å². The number of likely N-dealkylation sites (N-methyl/N-ethyl adjacent to an activating group) is 1. The van der Waals surface area contributed by atoms with E-state index >= 15 is 0 Å². The average Bonchev–Trinajstić information content (AvgIpc) is 3.03. The second-order valence-corrected chi connectivity index (χ2v) is 7.10. The normalized spacial score (nSPS) is 18.9. The van der Waals surface area contributed by atoms with Gasteiger partial charge in [-0.25, -0.2) is 0 Å². The molecule has 1 aromatic carbocycles. The van der Waals surface area contributed by atoms with E-state index < -0.39 is 0 Å². The van der Waals surface area contributed by atoms with Gasteiger partial charge in [0.15, 0.2) is 0 Å². The van der Waals surface area contributed by atoms with Crippen LogP contribution in [0.4, 0.5) is 5.69 Å². The first-order valence-electron chi connectivity index (χ1n) is 7.89. The number of rotatable bonds is 5. The van der Waals surface area contributed by atoms with E-state index in [1.54, 1.807) is 23.5 Å². The third-order valence-electron chi connectivity index (χ3n) is 4.32. The fourth-order valence-electron chi connectivity index (χ4n) is 3.02. The van der Waals surface area contributed by atoms with Gasteiger partial charge < -0.3 is 5.32 Å². The zero-order valence-electron chi connectivity index (χ0n) is 13.2. The van der Waals surface area contributed by atoms with Crippen LogP contribution < -0.4 is 5.32 Å². The number of nitro benzene ring substituents is 1. The molecule has 2 aromatic rings. The van der Waals surface area contributed by atoms with Gasteiger partial charge in [-0.1, -0.05) is 0 Å². The van der Waals surface area contributed by atoms with E-state index in [9.17, 15) is 10.1 Å². The Morgan fingerprint density at radius 2 is 2.09 bits per heavy atom. The minimum absolute atomic E-state index is 0.136. The monoisotopic (exact) mass is 331 g/mol. The Kier molecular flexibility index (Phi) is 5.05. The molecule has 1 unspecified atom stereocenters. The Morgan fingerprint density at radius 3 is 2.78 bits per heavy atom. The summed E-state index contributed by atoms with van der Waals surface area (Å²) < 4.78 is 0. The summed E-state index contributed by atoms with van der Waals surface area (Å²) in [6, 6.07) is 11.7. The highest BCUT2D eigenvalue weighted by Gasteiger charge is 2.19. The number of piperidine rings is 1. The first-order chi connectivity index (χ1) is 11.2. The minimum Gasteiger partial charge on any atom is -0.316 e. The highest BCUT2D eigenvalue weighted by atomic mass is 32.1. The van der Waals surface area contributed by atoms with E-state index in [1.165, 1.54) is 17.7 Å². The number of nitro groups is 1. The maximum atomic E-state index is 10.7. The van der Waals surface area contributed by atoms with Gasteiger partial charge in [-0.3, -0.25) is 15.0 Å². The molecule has 1 fully saturated rings. The van der Waals surface area contributed by atoms with Crippen molar-refractivity contribution in [1.29, 1.82) is 0 Å². The second-order valence-electron chi connectivity index (χ2n) is 5.93. The van der Waals surface area contributed by atoms with Crippen molar-refractivity contribution < 1.29 is 4.92 Å². The smallest absolute Gasteiger partial charge is 0.269 e. The summed E-state index contributed by atoms with van der Waals surface area (Å²) >= 11 is 1.77. The van der Waals surface area contributed by atoms with E-state index in [2.05, 4.69) is 22.3 Å². The molecule has 0 saturated carbocycles. The Balaban J connectivity index is 1.66. The van der Waals surface area contributed by atoms with Crippen LogP contribution in [-0.2, 0) is 6.54 Å². The number of nitrogens with one attached hydrogen (secondary N) is 1. The summed E-state index contributed by atoms with van der Waals surface area (Å²) in [4.78, 5) is 15.4. The summed E-state index contributed by atoms with van der Waals surface area (Å²) in [6.45, 7) is 3.24. The second kappa shape index (κ2) is 7.21. The Bertz CT molecular complexity index is 669. The van der Waals surface area contributed by atoms with E-state index in [-0.39, 0.29) is 10.6 Å². The van der Waals surface area contributed by atoms with Crippen molar-refractivity contribution in [3.05, 3.63) is 51.4 Å². The quantitative estimate of drug-likeness (QED) is 0.673. The van der Waals surface area contributed by atoms with E-state index in [0.717, 1.165) is 30.1 Å². The van der Waals surface area contributed by atoms with Gasteiger partial charge in [0.05, 0.1) is 4.92 Å². The molecule has 0 aliphatic carbocycles. The predicted octanol–water partition coefficient (Wildman–Crippen LogP) is 3.51. The molecular weight excluding hydrogens is 310 g/mol. The third-order valence-corrected chi connectivity index (χ3v) is 5.44. The summed E-state index contributed by atoms with van der Waals surface area (Å²) in [6.07, 6.45) is 2.50. The molecule has 0 bridgehead atoms. The van der Waals surface area contributed by atoms with Crippen LogP contribution in [0, 0.1) is 10.1 Å². The van der Waals surface area contributed by atoms with Gasteiger partial charge in [0.1, 0.15) is 0 Å². The number of non-ortho nitro benzene ring substituents is 1. The van der Waals surface area contributed by atoms with Crippen molar-refractivity contribution >= 4 is 17.0 Å². The van der Waals surface area contributed by atoms with Gasteiger partial charge in [-0.05, 0) is 56.3 Å². The third kappa shape index (κ3) is 3.96. The zero-order chi connectivity index (χ0) is 16.2. The van der Waals surface area contributed by atoms with E-state index in [1.807, 2.05) is 19.2 Å². The number of nitrogens with zero attached hydrogens (tertiary/aromatic N) is 2. The lowest BCUT2D eigenvalue weighted by molar-refractivity contribution is -0.384. The van der Waals surface area contributed by atoms with Crippen molar-refractivity contribution in [2.24, 2.45) is 0 Å². The number of hydrogen-bond acceptors (Lipinski definition) is 5. The van der Waals surface area contributed by atoms with Crippen molar-refractivity contribution in [1.82, 2.24) is 10.2 Å². The average molecular weight is 331 g/mol. The molecule has 5 nitrogen and oxygen atoms in total. The molecule has 0 spiro atoms. The van der Waals surface area contributed by atoms with Crippen LogP contribution >= 0.6 is 11.3 Å². The summed E-state index contributed by atoms with van der Waals surface area (Å²) in [7, 11) is 2.03. The van der Waals surface area contributed by atoms with Gasteiger partial charge in [0.2, 0.25) is 0 Å². The predicted molar refractivity (Wildman–Crippen MR) is 93.8 cm³/mol. The Hall–Kier alpha value is -1.76. The number of benzene rings is 1. The molecule has 2 heterocycles. The Morgan fingerprint density at radius 1 is 1.30 bits per heavy atom. The SMILES string of the molecule is CNC1CCCN(Cc2ccc(-c3ccc([N+](=O)[O-])cc3)s2)C1. The molecule has 1 atom stereocenters. The van der Waals surface area contributed by atoms with Crippen LogP contribution in [0.2, 0.25) is 0 Å². The van der Waals surface area contributed by atoms with Crippen LogP contribution in [0.5, 0.6) is 0 Å². The molecule has 1 aliphatic heterocycles. The molecule has 1 aromatic heterocycles. The van der Waals surface area contributed by atoms with Crippen LogP contribution in [0.3, 0.4) is 0 Å². The van der Waals surface area contributed by atoms with Gasteiger partial charge in [0, 0.05) is 41.0 Å². The summed E-state index contributed by atoms with van der Waals surface area (Å²) in [5.41, 5.74) is 1.18. The minimum atomic E-state index is -0.363. The molecule has 0 radical (unpaired) electrons. The highest BCUT2D eigenvalue weighted by Crippen LogP contribution is 2.30. The fourth-order valence-corrected chi connectivity index (χ4v) is 4.08. The van der Waals surface area contributed by atoms with E-state index in [4.69, 9.17) is 0 Å². The van der Waals surface area contributed by atoms with Crippen LogP contribution in [-0.4, -0.2) is 36.0 Å². The standard InChI is InChI=1S/C17H21N3O2S/c1-18-14-3-2-10-19(11-14)12-16-8-9-17(23-16)13-4-6-15(7-5-13)20(21)22/h4-9,14,18H,2-3,10-12H2,1H3. The molecule has 1 N–H and O–H groups in total. The maximum Gasteiger partial charge on any atom is 0.269 e. The summed E-state index contributed by atoms with van der Waals surface area (Å²) in [5, 5.41) is 14.1. The molecule has 23 heavy (non-hydrogen) atoms. The maximum absolute atomic E-state index is 10.7. The van der Waals surface area contributed by atoms with Crippen molar-refractivity contribution in [3.8, 4) is 10.4 Å². The topological polar surface area (TPSA) is 58.4 Å². The molecule has 3 rings (SSSR count). The molecule has 0 amide bonds. The van der Waals surface area contributed by atoms with Crippen LogP contribution in [0.15, 0.2) is 36.4 Å². The first-order valence-corrected chi connectivity index (χ1v) is 8.70. The van der Waals surface area contributed by atoms with Crippen molar-refractivity contribution in [2.75, 3.05) is 20.1 Å². The van der Waals surface area contributed by atoms with Crippen molar-refractivity contribution in [3.63, 3.8) is 0 Å². The van der Waals surface area contributed by atoms with Crippen molar-refractivity contribution in [2.45, 2.75) is 25.4 Å². The lowest BCUT2D eigenvalue weighted by atomic mass is 10.1. The van der Waals surface area contributed by atoms with Gasteiger partial charge in [0.25, 0.3) is 5.69 Å². The molecule has 6 heteroatoms. The van der Waals surface area contributed by atoms with Crippen LogP contribution in [0.1, 0.15) is 17.7 Å².